The van der Waals surface area contributed by atoms with Gasteiger partial charge in [-0.3, -0.25) is 9.59 Å². The summed E-state index contributed by atoms with van der Waals surface area (Å²) < 4.78 is 16.5. The molecule has 0 atom stereocenters. The molecule has 7 heteroatoms. The zero-order valence-corrected chi connectivity index (χ0v) is 19.7. The van der Waals surface area contributed by atoms with E-state index < -0.39 is 11.8 Å². The average Bonchev–Trinajstić information content (AvgIpc) is 3.34. The molecule has 3 aromatic carbocycles. The molecule has 1 heterocycles. The van der Waals surface area contributed by atoms with Crippen molar-refractivity contribution in [1.82, 2.24) is 10.6 Å². The van der Waals surface area contributed by atoms with E-state index in [1.807, 2.05) is 30.3 Å². The lowest BCUT2D eigenvalue weighted by molar-refractivity contribution is -0.117. The van der Waals surface area contributed by atoms with Crippen molar-refractivity contribution in [3.8, 4) is 17.2 Å². The molecule has 0 spiro atoms. The second-order valence-electron chi connectivity index (χ2n) is 8.52. The fourth-order valence-electron chi connectivity index (χ4n) is 3.36. The Hall–Kier alpha value is -4.26. The van der Waals surface area contributed by atoms with Crippen molar-refractivity contribution in [1.29, 1.82) is 0 Å². The molecule has 0 saturated carbocycles. The summed E-state index contributed by atoms with van der Waals surface area (Å²) in [6, 6.07) is 21.7. The van der Waals surface area contributed by atoms with Crippen LogP contribution in [-0.2, 0) is 11.3 Å². The molecule has 1 aliphatic heterocycles. The Morgan fingerprint density at radius 2 is 1.71 bits per heavy atom. The highest BCUT2D eigenvalue weighted by molar-refractivity contribution is 6.05. The van der Waals surface area contributed by atoms with Gasteiger partial charge in [0.05, 0.1) is 6.61 Å². The Kier molecular flexibility index (Phi) is 7.67. The molecule has 0 aromatic heterocycles. The third-order valence-corrected chi connectivity index (χ3v) is 5.20. The normalized spacial score (nSPS) is 12.4. The predicted octanol–water partition coefficient (Wildman–Crippen LogP) is 4.54. The fourth-order valence-corrected chi connectivity index (χ4v) is 3.36. The molecule has 180 valence electrons. The number of carbonyl (C=O) groups is 2. The van der Waals surface area contributed by atoms with Crippen molar-refractivity contribution in [3.05, 3.63) is 95.2 Å². The molecule has 35 heavy (non-hydrogen) atoms. The number of fused-ring (bicyclic) bond motifs is 1. The Morgan fingerprint density at radius 1 is 0.971 bits per heavy atom. The van der Waals surface area contributed by atoms with Gasteiger partial charge >= 0.3 is 0 Å². The number of nitrogens with one attached hydrogen (secondary N) is 2. The van der Waals surface area contributed by atoms with E-state index in [4.69, 9.17) is 14.2 Å². The van der Waals surface area contributed by atoms with E-state index in [9.17, 15) is 9.59 Å². The van der Waals surface area contributed by atoms with Crippen LogP contribution in [0.1, 0.15) is 35.3 Å². The van der Waals surface area contributed by atoms with Gasteiger partial charge in [-0.15, -0.1) is 0 Å². The molecular formula is C28H28N2O5. The molecule has 0 saturated heterocycles. The maximum Gasteiger partial charge on any atom is 0.268 e. The molecule has 0 unspecified atom stereocenters. The Bertz CT molecular complexity index is 1200. The van der Waals surface area contributed by atoms with Crippen molar-refractivity contribution in [2.75, 3.05) is 13.4 Å². The zero-order chi connectivity index (χ0) is 24.6. The monoisotopic (exact) mass is 472 g/mol. The summed E-state index contributed by atoms with van der Waals surface area (Å²) in [4.78, 5) is 26.0. The molecule has 0 fully saturated rings. The molecule has 2 amide bonds. The van der Waals surface area contributed by atoms with Crippen LogP contribution in [0.2, 0.25) is 0 Å². The first-order valence-electron chi connectivity index (χ1n) is 11.5. The fraction of sp³-hybridized carbons (Fsp3) is 0.214. The lowest BCUT2D eigenvalue weighted by atomic mass is 10.1. The van der Waals surface area contributed by atoms with Crippen LogP contribution in [0.15, 0.2) is 78.5 Å². The summed E-state index contributed by atoms with van der Waals surface area (Å²) in [5.74, 6) is 1.51. The summed E-state index contributed by atoms with van der Waals surface area (Å²) in [7, 11) is 0. The Balaban J connectivity index is 1.51. The van der Waals surface area contributed by atoms with Crippen molar-refractivity contribution in [2.24, 2.45) is 5.92 Å². The standard InChI is InChI=1S/C28H28N2O5/c1-19(2)17-33-23-11-9-22(10-12-23)27(31)30-24(28(32)29-16-20-6-4-3-5-7-20)14-21-8-13-25-26(15-21)35-18-34-25/h3-15,19H,16-18H2,1-2H3,(H,29,32)(H,30,31)/b24-14+. The van der Waals surface area contributed by atoms with E-state index in [1.165, 1.54) is 0 Å². The van der Waals surface area contributed by atoms with Crippen LogP contribution in [-0.4, -0.2) is 25.2 Å². The van der Waals surface area contributed by atoms with Crippen LogP contribution in [0.5, 0.6) is 17.2 Å². The smallest absolute Gasteiger partial charge is 0.268 e. The topological polar surface area (TPSA) is 85.9 Å². The van der Waals surface area contributed by atoms with Crippen molar-refractivity contribution < 1.29 is 23.8 Å². The van der Waals surface area contributed by atoms with Gasteiger partial charge in [-0.1, -0.05) is 50.2 Å². The van der Waals surface area contributed by atoms with Crippen LogP contribution in [0.4, 0.5) is 0 Å². The maximum absolute atomic E-state index is 13.1. The Morgan fingerprint density at radius 3 is 2.46 bits per heavy atom. The first-order valence-corrected chi connectivity index (χ1v) is 11.5. The molecule has 1 aliphatic rings. The highest BCUT2D eigenvalue weighted by Gasteiger charge is 2.17. The van der Waals surface area contributed by atoms with Crippen LogP contribution in [0.25, 0.3) is 6.08 Å². The average molecular weight is 473 g/mol. The van der Waals surface area contributed by atoms with E-state index in [0.717, 1.165) is 5.56 Å². The van der Waals surface area contributed by atoms with Gasteiger partial charge in [0.1, 0.15) is 11.4 Å². The molecule has 0 radical (unpaired) electrons. The number of hydrogen-bond donors (Lipinski definition) is 2. The summed E-state index contributed by atoms with van der Waals surface area (Å²) in [5.41, 5.74) is 2.17. The lowest BCUT2D eigenvalue weighted by Gasteiger charge is -2.12. The molecule has 4 rings (SSSR count). The van der Waals surface area contributed by atoms with Gasteiger partial charge in [-0.25, -0.2) is 0 Å². The quantitative estimate of drug-likeness (QED) is 0.447. The van der Waals surface area contributed by atoms with E-state index in [1.54, 1.807) is 48.5 Å². The number of hydrogen-bond acceptors (Lipinski definition) is 5. The number of carbonyl (C=O) groups excluding carboxylic acids is 2. The summed E-state index contributed by atoms with van der Waals surface area (Å²) in [6.45, 7) is 5.21. The minimum Gasteiger partial charge on any atom is -0.493 e. The van der Waals surface area contributed by atoms with Gasteiger partial charge in [0, 0.05) is 12.1 Å². The SMILES string of the molecule is CC(C)COc1ccc(C(=O)N/C(=C/c2ccc3c(c2)OCO3)C(=O)NCc2ccccc2)cc1. The zero-order valence-electron chi connectivity index (χ0n) is 19.7. The number of rotatable bonds is 9. The van der Waals surface area contributed by atoms with E-state index in [2.05, 4.69) is 24.5 Å². The van der Waals surface area contributed by atoms with Crippen LogP contribution < -0.4 is 24.8 Å². The molecule has 0 bridgehead atoms. The number of ether oxygens (including phenoxy) is 3. The third-order valence-electron chi connectivity index (χ3n) is 5.20. The number of benzene rings is 3. The van der Waals surface area contributed by atoms with Crippen molar-refractivity contribution in [2.45, 2.75) is 20.4 Å². The van der Waals surface area contributed by atoms with Gasteiger partial charge in [0.25, 0.3) is 11.8 Å². The maximum atomic E-state index is 13.1. The summed E-state index contributed by atoms with van der Waals surface area (Å²) >= 11 is 0. The Labute approximate surface area is 204 Å². The van der Waals surface area contributed by atoms with Crippen LogP contribution >= 0.6 is 0 Å². The highest BCUT2D eigenvalue weighted by Crippen LogP contribution is 2.33. The van der Waals surface area contributed by atoms with Crippen molar-refractivity contribution in [3.63, 3.8) is 0 Å². The first kappa shape index (κ1) is 23.9. The number of amides is 2. The second-order valence-corrected chi connectivity index (χ2v) is 8.52. The van der Waals surface area contributed by atoms with Gasteiger partial charge in [0.2, 0.25) is 6.79 Å². The van der Waals surface area contributed by atoms with E-state index >= 15 is 0 Å². The van der Waals surface area contributed by atoms with E-state index in [-0.39, 0.29) is 12.5 Å². The van der Waals surface area contributed by atoms with Crippen molar-refractivity contribution >= 4 is 17.9 Å². The predicted molar refractivity (Wildman–Crippen MR) is 133 cm³/mol. The third kappa shape index (κ3) is 6.63. The van der Waals surface area contributed by atoms with Crippen LogP contribution in [0, 0.1) is 5.92 Å². The minimum atomic E-state index is -0.406. The molecule has 2 N–H and O–H groups in total. The lowest BCUT2D eigenvalue weighted by Crippen LogP contribution is -2.34. The molecule has 3 aromatic rings. The minimum absolute atomic E-state index is 0.116. The van der Waals surface area contributed by atoms with Gasteiger partial charge in [-0.05, 0) is 59.5 Å². The second kappa shape index (κ2) is 11.2. The first-order chi connectivity index (χ1) is 17.0. The van der Waals surface area contributed by atoms with E-state index in [0.29, 0.717) is 47.4 Å². The largest absolute Gasteiger partial charge is 0.493 e. The highest BCUT2D eigenvalue weighted by atomic mass is 16.7. The van der Waals surface area contributed by atoms with Gasteiger partial charge in [-0.2, -0.15) is 0 Å². The van der Waals surface area contributed by atoms with Gasteiger partial charge < -0.3 is 24.8 Å². The summed E-state index contributed by atoms with van der Waals surface area (Å²) in [5, 5.41) is 5.62. The molecule has 0 aliphatic carbocycles. The summed E-state index contributed by atoms with van der Waals surface area (Å²) in [6.07, 6.45) is 1.61. The molecule has 7 nitrogen and oxygen atoms in total. The van der Waals surface area contributed by atoms with Gasteiger partial charge in [0.15, 0.2) is 11.5 Å². The molecular weight excluding hydrogens is 444 g/mol. The van der Waals surface area contributed by atoms with Crippen LogP contribution in [0.3, 0.4) is 0 Å².